The first-order valence-corrected chi connectivity index (χ1v) is 11.1. The molecule has 0 saturated heterocycles. The molecule has 4 aromatic rings. The fourth-order valence-electron chi connectivity index (χ4n) is 3.39. The molecular weight excluding hydrogens is 394 g/mol. The van der Waals surface area contributed by atoms with Crippen molar-refractivity contribution >= 4 is 34.3 Å². The van der Waals surface area contributed by atoms with Gasteiger partial charge in [-0.15, -0.1) is 10.2 Å². The highest BCUT2D eigenvalue weighted by Gasteiger charge is 2.16. The van der Waals surface area contributed by atoms with Crippen LogP contribution in [0.2, 0.25) is 0 Å². The lowest BCUT2D eigenvalue weighted by Crippen LogP contribution is -2.14. The number of nitrogens with zero attached hydrogens (tertiary/aromatic N) is 3. The zero-order valence-electron chi connectivity index (χ0n) is 17.2. The number of carbonyl (C=O) groups excluding carboxylic acids is 1. The second-order valence-electron chi connectivity index (χ2n) is 7.25. The fraction of sp³-hybridized carbons (Fsp3) is 0.261. The summed E-state index contributed by atoms with van der Waals surface area (Å²) in [6.07, 6.45) is 5.38. The highest BCUT2D eigenvalue weighted by atomic mass is 32.2. The van der Waals surface area contributed by atoms with Crippen molar-refractivity contribution in [2.24, 2.45) is 7.05 Å². The molecule has 0 unspecified atom stereocenters. The van der Waals surface area contributed by atoms with E-state index in [-0.39, 0.29) is 11.7 Å². The van der Waals surface area contributed by atoms with Gasteiger partial charge in [-0.2, -0.15) is 0 Å². The Hall–Kier alpha value is -3.06. The molecule has 4 rings (SSSR count). The minimum absolute atomic E-state index is 0.0575. The number of amides is 1. The van der Waals surface area contributed by atoms with Crippen LogP contribution in [0.15, 0.2) is 59.9 Å². The second-order valence-corrected chi connectivity index (χ2v) is 8.19. The van der Waals surface area contributed by atoms with Gasteiger partial charge >= 0.3 is 0 Å². The van der Waals surface area contributed by atoms with E-state index < -0.39 is 0 Å². The summed E-state index contributed by atoms with van der Waals surface area (Å²) in [7, 11) is 1.92. The molecule has 7 heteroatoms. The third-order valence-corrected chi connectivity index (χ3v) is 6.07. The number of rotatable bonds is 8. The topological polar surface area (TPSA) is 75.6 Å². The number of nitrogens with one attached hydrogen (secondary N) is 2. The molecule has 0 spiro atoms. The molecule has 0 aliphatic carbocycles. The van der Waals surface area contributed by atoms with Crippen molar-refractivity contribution in [2.45, 2.75) is 31.3 Å². The molecule has 0 aliphatic rings. The Kier molecular flexibility index (Phi) is 6.18. The Morgan fingerprint density at radius 2 is 1.93 bits per heavy atom. The Balaban J connectivity index is 1.38. The monoisotopic (exact) mass is 419 g/mol. The lowest BCUT2D eigenvalue weighted by atomic mass is 10.1. The Morgan fingerprint density at radius 1 is 1.13 bits per heavy atom. The number of anilines is 1. The van der Waals surface area contributed by atoms with Crippen LogP contribution in [0.25, 0.3) is 22.3 Å². The fourth-order valence-corrected chi connectivity index (χ4v) is 4.11. The van der Waals surface area contributed by atoms with Crippen molar-refractivity contribution in [3.05, 3.63) is 60.3 Å². The van der Waals surface area contributed by atoms with Crippen LogP contribution in [-0.4, -0.2) is 31.4 Å². The van der Waals surface area contributed by atoms with Gasteiger partial charge in [0.05, 0.1) is 5.75 Å². The Labute approximate surface area is 180 Å². The maximum absolute atomic E-state index is 12.4. The van der Waals surface area contributed by atoms with Gasteiger partial charge in [0, 0.05) is 35.4 Å². The number of benzene rings is 2. The summed E-state index contributed by atoms with van der Waals surface area (Å²) >= 11 is 1.38. The number of carbonyl (C=O) groups is 1. The molecule has 1 amide bonds. The minimum atomic E-state index is -0.0575. The van der Waals surface area contributed by atoms with Gasteiger partial charge in [0.25, 0.3) is 0 Å². The summed E-state index contributed by atoms with van der Waals surface area (Å²) in [5.74, 6) is 0.994. The quantitative estimate of drug-likeness (QED) is 0.393. The number of hydrogen-bond acceptors (Lipinski definition) is 4. The van der Waals surface area contributed by atoms with E-state index in [9.17, 15) is 4.79 Å². The molecule has 0 atom stereocenters. The van der Waals surface area contributed by atoms with Gasteiger partial charge < -0.3 is 14.9 Å². The molecule has 2 aromatic heterocycles. The molecule has 2 heterocycles. The number of unbranched alkanes of at least 4 members (excludes halogenated alkanes) is 1. The van der Waals surface area contributed by atoms with Crippen LogP contribution in [0.5, 0.6) is 0 Å². The van der Waals surface area contributed by atoms with Crippen LogP contribution in [0, 0.1) is 0 Å². The maximum atomic E-state index is 12.4. The van der Waals surface area contributed by atoms with Gasteiger partial charge in [-0.1, -0.05) is 55.4 Å². The first-order valence-electron chi connectivity index (χ1n) is 10.1. The van der Waals surface area contributed by atoms with E-state index >= 15 is 0 Å². The standard InChI is InChI=1S/C23H25N5OS/c1-3-4-7-16-10-12-17(13-11-16)25-21(29)15-30-23-27-26-22(28(23)2)19-14-24-20-9-6-5-8-18(19)20/h5-6,8-14,24H,3-4,7,15H2,1-2H3,(H,25,29). The predicted octanol–water partition coefficient (Wildman–Crippen LogP) is 5.04. The Bertz CT molecular complexity index is 1150. The number of para-hydroxylation sites is 1. The molecule has 0 radical (unpaired) electrons. The van der Waals surface area contributed by atoms with Crippen LogP contribution >= 0.6 is 11.8 Å². The minimum Gasteiger partial charge on any atom is -0.360 e. The number of aromatic nitrogens is 4. The summed E-state index contributed by atoms with van der Waals surface area (Å²) in [5.41, 5.74) is 4.18. The number of H-pyrrole nitrogens is 1. The van der Waals surface area contributed by atoms with Crippen molar-refractivity contribution < 1.29 is 4.79 Å². The van der Waals surface area contributed by atoms with E-state index in [2.05, 4.69) is 45.6 Å². The summed E-state index contributed by atoms with van der Waals surface area (Å²) in [5, 5.41) is 13.4. The molecule has 2 N–H and O–H groups in total. The van der Waals surface area contributed by atoms with Crippen LogP contribution in [-0.2, 0) is 18.3 Å². The smallest absolute Gasteiger partial charge is 0.234 e. The first kappa shape index (κ1) is 20.2. The van der Waals surface area contributed by atoms with Crippen molar-refractivity contribution in [1.29, 1.82) is 0 Å². The van der Waals surface area contributed by atoms with E-state index in [0.717, 1.165) is 34.4 Å². The Morgan fingerprint density at radius 3 is 2.73 bits per heavy atom. The van der Waals surface area contributed by atoms with E-state index in [1.165, 1.54) is 30.2 Å². The average molecular weight is 420 g/mol. The molecule has 0 fully saturated rings. The zero-order valence-corrected chi connectivity index (χ0v) is 18.0. The van der Waals surface area contributed by atoms with Crippen LogP contribution < -0.4 is 5.32 Å². The first-order chi connectivity index (χ1) is 14.7. The molecule has 0 aliphatic heterocycles. The summed E-state index contributed by atoms with van der Waals surface area (Å²) in [6.45, 7) is 2.19. The van der Waals surface area contributed by atoms with E-state index in [1.807, 2.05) is 48.1 Å². The van der Waals surface area contributed by atoms with E-state index in [1.54, 1.807) is 0 Å². The lowest BCUT2D eigenvalue weighted by Gasteiger charge is -2.07. The molecule has 30 heavy (non-hydrogen) atoms. The molecular formula is C23H25N5OS. The van der Waals surface area contributed by atoms with E-state index in [0.29, 0.717) is 5.16 Å². The van der Waals surface area contributed by atoms with Gasteiger partial charge in [-0.05, 0) is 36.6 Å². The number of aromatic amines is 1. The van der Waals surface area contributed by atoms with Crippen LogP contribution in [0.1, 0.15) is 25.3 Å². The molecule has 6 nitrogen and oxygen atoms in total. The highest BCUT2D eigenvalue weighted by Crippen LogP contribution is 2.29. The number of fused-ring (bicyclic) bond motifs is 1. The SMILES string of the molecule is CCCCc1ccc(NC(=O)CSc2nnc(-c3c[nH]c4ccccc34)n2C)cc1. The van der Waals surface area contributed by atoms with Gasteiger partial charge in [-0.25, -0.2) is 0 Å². The summed E-state index contributed by atoms with van der Waals surface area (Å²) in [4.78, 5) is 15.6. The van der Waals surface area contributed by atoms with Crippen molar-refractivity contribution in [3.8, 4) is 11.4 Å². The van der Waals surface area contributed by atoms with Gasteiger partial charge in [0.1, 0.15) is 0 Å². The van der Waals surface area contributed by atoms with E-state index in [4.69, 9.17) is 0 Å². The largest absolute Gasteiger partial charge is 0.360 e. The number of aryl methyl sites for hydroxylation is 1. The predicted molar refractivity (Wildman–Crippen MR) is 123 cm³/mol. The number of hydrogen-bond donors (Lipinski definition) is 2. The average Bonchev–Trinajstić information content (AvgIpc) is 3.35. The van der Waals surface area contributed by atoms with Gasteiger partial charge in [-0.3, -0.25) is 4.79 Å². The zero-order chi connectivity index (χ0) is 20.9. The summed E-state index contributed by atoms with van der Waals surface area (Å²) in [6, 6.07) is 16.2. The van der Waals surface area contributed by atoms with Crippen molar-refractivity contribution in [1.82, 2.24) is 19.7 Å². The third kappa shape index (κ3) is 4.41. The van der Waals surface area contributed by atoms with Crippen LogP contribution in [0.4, 0.5) is 5.69 Å². The maximum Gasteiger partial charge on any atom is 0.234 e. The molecule has 154 valence electrons. The summed E-state index contributed by atoms with van der Waals surface area (Å²) < 4.78 is 1.93. The van der Waals surface area contributed by atoms with Crippen LogP contribution in [0.3, 0.4) is 0 Å². The van der Waals surface area contributed by atoms with Gasteiger partial charge in [0.15, 0.2) is 11.0 Å². The van der Waals surface area contributed by atoms with Crippen molar-refractivity contribution in [2.75, 3.05) is 11.1 Å². The lowest BCUT2D eigenvalue weighted by molar-refractivity contribution is -0.113. The molecule has 0 bridgehead atoms. The normalized spacial score (nSPS) is 11.1. The molecule has 2 aromatic carbocycles. The van der Waals surface area contributed by atoms with Crippen molar-refractivity contribution in [3.63, 3.8) is 0 Å². The second kappa shape index (κ2) is 9.17. The third-order valence-electron chi connectivity index (χ3n) is 5.05. The molecule has 0 saturated carbocycles. The van der Waals surface area contributed by atoms with Gasteiger partial charge in [0.2, 0.25) is 5.91 Å². The highest BCUT2D eigenvalue weighted by molar-refractivity contribution is 7.99. The number of thioether (sulfide) groups is 1.